The molecule has 1 N–H and O–H groups in total. The zero-order valence-electron chi connectivity index (χ0n) is 11.4. The summed E-state index contributed by atoms with van der Waals surface area (Å²) in [6.07, 6.45) is 0. The van der Waals surface area contributed by atoms with Crippen LogP contribution in [0.5, 0.6) is 0 Å². The fraction of sp³-hybridized carbons (Fsp3) is 0.333. The number of nitriles is 1. The molecule has 98 valence electrons. The number of nitrogens with one attached hydrogen (secondary N) is 1. The molecule has 0 fully saturated rings. The van der Waals surface area contributed by atoms with Gasteiger partial charge >= 0.3 is 0 Å². The van der Waals surface area contributed by atoms with Crippen LogP contribution in [0, 0.1) is 18.3 Å². The van der Waals surface area contributed by atoms with E-state index in [2.05, 4.69) is 21.8 Å². The van der Waals surface area contributed by atoms with E-state index in [1.807, 2.05) is 45.0 Å². The van der Waals surface area contributed by atoms with Gasteiger partial charge in [-0.2, -0.15) is 5.26 Å². The van der Waals surface area contributed by atoms with E-state index >= 15 is 0 Å². The molecule has 4 heteroatoms. The maximum atomic E-state index is 9.10. The highest BCUT2D eigenvalue weighted by Gasteiger charge is 2.18. The Bertz CT molecular complexity index is 591. The van der Waals surface area contributed by atoms with Crippen LogP contribution in [0.3, 0.4) is 0 Å². The first-order valence-electron chi connectivity index (χ1n) is 6.18. The van der Waals surface area contributed by atoms with Crippen LogP contribution >= 0.6 is 11.3 Å². The van der Waals surface area contributed by atoms with Crippen LogP contribution in [-0.2, 0) is 12.0 Å². The molecule has 0 aliphatic carbocycles. The summed E-state index contributed by atoms with van der Waals surface area (Å²) in [5.41, 5.74) is 2.70. The molecule has 0 saturated heterocycles. The molecule has 0 spiro atoms. The number of rotatable bonds is 4. The van der Waals surface area contributed by atoms with Crippen molar-refractivity contribution in [1.29, 1.82) is 5.26 Å². The van der Waals surface area contributed by atoms with Gasteiger partial charge in [-0.1, -0.05) is 12.1 Å². The molecule has 0 saturated carbocycles. The monoisotopic (exact) mass is 271 g/mol. The van der Waals surface area contributed by atoms with Gasteiger partial charge in [0.05, 0.1) is 28.7 Å². The Morgan fingerprint density at radius 2 is 2.00 bits per heavy atom. The summed E-state index contributed by atoms with van der Waals surface area (Å²) in [5, 5.41) is 15.6. The highest BCUT2D eigenvalue weighted by atomic mass is 32.1. The Balaban J connectivity index is 2.02. The lowest BCUT2D eigenvalue weighted by molar-refractivity contribution is 0.687. The first-order chi connectivity index (χ1) is 9.01. The van der Waals surface area contributed by atoms with Crippen LogP contribution in [0.15, 0.2) is 29.6 Å². The Morgan fingerprint density at radius 3 is 2.53 bits per heavy atom. The smallest absolute Gasteiger partial charge is 0.0898 e. The van der Waals surface area contributed by atoms with Gasteiger partial charge in [-0.05, 0) is 38.5 Å². The van der Waals surface area contributed by atoms with E-state index < -0.39 is 5.41 Å². The van der Waals surface area contributed by atoms with Crippen molar-refractivity contribution in [3.8, 4) is 6.07 Å². The van der Waals surface area contributed by atoms with E-state index in [9.17, 15) is 0 Å². The molecule has 0 radical (unpaired) electrons. The lowest BCUT2D eigenvalue weighted by Gasteiger charge is -2.16. The molecule has 19 heavy (non-hydrogen) atoms. The number of hydrogen-bond donors (Lipinski definition) is 1. The van der Waals surface area contributed by atoms with Gasteiger partial charge in [0.15, 0.2) is 0 Å². The Labute approximate surface area is 117 Å². The second-order valence-corrected chi connectivity index (χ2v) is 6.09. The third-order valence-corrected chi connectivity index (χ3v) is 3.85. The average molecular weight is 271 g/mol. The number of thiazole rings is 1. The highest BCUT2D eigenvalue weighted by Crippen LogP contribution is 2.23. The number of nitrogens with zero attached hydrogens (tertiary/aromatic N) is 2. The second-order valence-electron chi connectivity index (χ2n) is 5.03. The predicted octanol–water partition coefficient (Wildman–Crippen LogP) is 3.86. The molecular weight excluding hydrogens is 254 g/mol. The minimum absolute atomic E-state index is 0.440. The minimum atomic E-state index is -0.440. The van der Waals surface area contributed by atoms with Crippen molar-refractivity contribution in [1.82, 2.24) is 4.98 Å². The maximum Gasteiger partial charge on any atom is 0.0898 e. The lowest BCUT2D eigenvalue weighted by Crippen LogP contribution is -2.13. The van der Waals surface area contributed by atoms with Crippen LogP contribution in [0.2, 0.25) is 0 Å². The lowest BCUT2D eigenvalue weighted by atomic mass is 9.86. The normalized spacial score (nSPS) is 11.1. The van der Waals surface area contributed by atoms with Crippen LogP contribution < -0.4 is 5.32 Å². The van der Waals surface area contributed by atoms with Crippen LogP contribution in [0.4, 0.5) is 5.69 Å². The van der Waals surface area contributed by atoms with Crippen molar-refractivity contribution < 1.29 is 0 Å². The molecule has 3 nitrogen and oxygen atoms in total. The Morgan fingerprint density at radius 1 is 1.32 bits per heavy atom. The molecule has 0 aliphatic heterocycles. The van der Waals surface area contributed by atoms with Gasteiger partial charge in [-0.15, -0.1) is 11.3 Å². The van der Waals surface area contributed by atoms with Crippen LogP contribution in [0.25, 0.3) is 0 Å². The van der Waals surface area contributed by atoms with Crippen molar-refractivity contribution in [2.45, 2.75) is 32.7 Å². The number of anilines is 1. The van der Waals surface area contributed by atoms with Gasteiger partial charge in [0.25, 0.3) is 0 Å². The van der Waals surface area contributed by atoms with Crippen LogP contribution in [-0.4, -0.2) is 4.98 Å². The van der Waals surface area contributed by atoms with E-state index in [0.717, 1.165) is 28.5 Å². The number of hydrogen-bond acceptors (Lipinski definition) is 4. The standard InChI is InChI=1S/C15H17N3S/c1-11-18-14(9-19-11)8-17-13-6-4-12(5-7-13)15(2,3)10-16/h4-7,9,17H,8H2,1-3H3. The first kappa shape index (κ1) is 13.6. The second kappa shape index (κ2) is 5.41. The molecule has 2 rings (SSSR count). The van der Waals surface area contributed by atoms with Crippen molar-refractivity contribution >= 4 is 17.0 Å². The molecule has 0 amide bonds. The van der Waals surface area contributed by atoms with Crippen molar-refractivity contribution in [2.75, 3.05) is 5.32 Å². The zero-order valence-corrected chi connectivity index (χ0v) is 12.2. The van der Waals surface area contributed by atoms with Crippen molar-refractivity contribution in [3.63, 3.8) is 0 Å². The van der Waals surface area contributed by atoms with Crippen molar-refractivity contribution in [2.24, 2.45) is 0 Å². The summed E-state index contributed by atoms with van der Waals surface area (Å²) >= 11 is 1.66. The summed E-state index contributed by atoms with van der Waals surface area (Å²) in [4.78, 5) is 4.41. The molecule has 0 aliphatic rings. The largest absolute Gasteiger partial charge is 0.379 e. The minimum Gasteiger partial charge on any atom is -0.379 e. The van der Waals surface area contributed by atoms with Gasteiger partial charge in [0.2, 0.25) is 0 Å². The van der Waals surface area contributed by atoms with Gasteiger partial charge in [0, 0.05) is 11.1 Å². The van der Waals surface area contributed by atoms with Crippen molar-refractivity contribution in [3.05, 3.63) is 45.9 Å². The molecule has 1 heterocycles. The summed E-state index contributed by atoms with van der Waals surface area (Å²) in [6, 6.07) is 10.3. The molecule has 2 aromatic rings. The quantitative estimate of drug-likeness (QED) is 0.918. The van der Waals surface area contributed by atoms with Gasteiger partial charge in [-0.3, -0.25) is 0 Å². The van der Waals surface area contributed by atoms with E-state index in [1.165, 1.54) is 0 Å². The average Bonchev–Trinajstić information content (AvgIpc) is 2.83. The molecule has 1 aromatic heterocycles. The summed E-state index contributed by atoms with van der Waals surface area (Å²) < 4.78 is 0. The topological polar surface area (TPSA) is 48.7 Å². The van der Waals surface area contributed by atoms with Gasteiger partial charge < -0.3 is 5.32 Å². The summed E-state index contributed by atoms with van der Waals surface area (Å²) in [7, 11) is 0. The van der Waals surface area contributed by atoms with Gasteiger partial charge in [-0.25, -0.2) is 4.98 Å². The third-order valence-electron chi connectivity index (χ3n) is 3.03. The molecule has 0 unspecified atom stereocenters. The first-order valence-corrected chi connectivity index (χ1v) is 7.06. The molecular formula is C15H17N3S. The third kappa shape index (κ3) is 3.33. The number of aromatic nitrogens is 1. The summed E-state index contributed by atoms with van der Waals surface area (Å²) in [6.45, 7) is 6.58. The molecule has 0 bridgehead atoms. The fourth-order valence-electron chi connectivity index (χ4n) is 1.75. The number of benzene rings is 1. The molecule has 0 atom stereocenters. The van der Waals surface area contributed by atoms with Gasteiger partial charge in [0.1, 0.15) is 0 Å². The van der Waals surface area contributed by atoms with E-state index in [1.54, 1.807) is 11.3 Å². The van der Waals surface area contributed by atoms with E-state index in [-0.39, 0.29) is 0 Å². The Kier molecular flexibility index (Phi) is 3.87. The zero-order chi connectivity index (χ0) is 13.9. The SMILES string of the molecule is Cc1nc(CNc2ccc(C(C)(C)C#N)cc2)cs1. The fourth-order valence-corrected chi connectivity index (χ4v) is 2.36. The molecule has 1 aromatic carbocycles. The Hall–Kier alpha value is -1.86. The van der Waals surface area contributed by atoms with E-state index in [4.69, 9.17) is 5.26 Å². The van der Waals surface area contributed by atoms with Crippen LogP contribution in [0.1, 0.15) is 30.1 Å². The summed E-state index contributed by atoms with van der Waals surface area (Å²) in [5.74, 6) is 0. The maximum absolute atomic E-state index is 9.10. The number of aryl methyl sites for hydroxylation is 1. The van der Waals surface area contributed by atoms with E-state index in [0.29, 0.717) is 0 Å². The highest BCUT2D eigenvalue weighted by molar-refractivity contribution is 7.09. The predicted molar refractivity (Wildman–Crippen MR) is 79.3 cm³/mol.